The van der Waals surface area contributed by atoms with Gasteiger partial charge in [-0.3, -0.25) is 0 Å². The van der Waals surface area contributed by atoms with Crippen molar-refractivity contribution in [2.24, 2.45) is 0 Å². The van der Waals surface area contributed by atoms with E-state index in [1.54, 1.807) is 0 Å². The van der Waals surface area contributed by atoms with Gasteiger partial charge in [0.1, 0.15) is 0 Å². The Kier molecular flexibility index (Phi) is 2.79. The Morgan fingerprint density at radius 3 is 2.13 bits per heavy atom. The van der Waals surface area contributed by atoms with Gasteiger partial charge < -0.3 is 0 Å². The molecular formula is C20H13BrN2. The molecule has 4 aromatic rings. The summed E-state index contributed by atoms with van der Waals surface area (Å²) in [4.78, 5) is 9.83. The van der Waals surface area contributed by atoms with Crippen molar-refractivity contribution in [3.05, 3.63) is 70.2 Å². The Bertz CT molecular complexity index is 1090. The number of nitrogens with zero attached hydrogens (tertiary/aromatic N) is 2. The molecule has 23 heavy (non-hydrogen) atoms. The van der Waals surface area contributed by atoms with E-state index >= 15 is 0 Å². The molecule has 0 amide bonds. The van der Waals surface area contributed by atoms with E-state index in [2.05, 4.69) is 58.4 Å². The fourth-order valence-corrected chi connectivity index (χ4v) is 3.79. The molecule has 2 aromatic heterocycles. The minimum Gasteiger partial charge on any atom is -0.246 e. The van der Waals surface area contributed by atoms with Crippen molar-refractivity contribution in [2.45, 2.75) is 12.8 Å². The van der Waals surface area contributed by atoms with Gasteiger partial charge in [-0.15, -0.1) is 0 Å². The maximum absolute atomic E-state index is 4.92. The van der Waals surface area contributed by atoms with Gasteiger partial charge in [0.25, 0.3) is 0 Å². The molecule has 0 saturated carbocycles. The van der Waals surface area contributed by atoms with Crippen molar-refractivity contribution in [3.63, 3.8) is 0 Å². The molecule has 5 rings (SSSR count). The van der Waals surface area contributed by atoms with E-state index < -0.39 is 0 Å². The number of para-hydroxylation sites is 1. The zero-order valence-electron chi connectivity index (χ0n) is 12.4. The minimum absolute atomic E-state index is 1.02. The molecule has 0 N–H and O–H groups in total. The van der Waals surface area contributed by atoms with Crippen LogP contribution in [0.4, 0.5) is 0 Å². The molecule has 2 heterocycles. The standard InChI is InChI=1S/C20H13BrN2/c21-16-7-8-18-15(11-16)10-14-6-5-13-9-12-3-1-2-4-17(12)22-19(13)20(14)23-18/h1-4,7-11H,5-6H2. The van der Waals surface area contributed by atoms with E-state index in [0.29, 0.717) is 0 Å². The Morgan fingerprint density at radius 1 is 0.696 bits per heavy atom. The van der Waals surface area contributed by atoms with Crippen LogP contribution in [0.5, 0.6) is 0 Å². The average Bonchev–Trinajstić information content (AvgIpc) is 2.58. The molecule has 1 aliphatic carbocycles. The molecular weight excluding hydrogens is 348 g/mol. The summed E-state index contributed by atoms with van der Waals surface area (Å²) in [6.07, 6.45) is 2.05. The van der Waals surface area contributed by atoms with Crippen molar-refractivity contribution >= 4 is 37.7 Å². The van der Waals surface area contributed by atoms with Crippen LogP contribution in [0.1, 0.15) is 11.1 Å². The van der Waals surface area contributed by atoms with Gasteiger partial charge in [-0.2, -0.15) is 0 Å². The molecule has 0 radical (unpaired) electrons. The second-order valence-electron chi connectivity index (χ2n) is 6.02. The van der Waals surface area contributed by atoms with Gasteiger partial charge >= 0.3 is 0 Å². The normalized spacial score (nSPS) is 13.1. The largest absolute Gasteiger partial charge is 0.246 e. The molecule has 0 aliphatic heterocycles. The van der Waals surface area contributed by atoms with Gasteiger partial charge in [0, 0.05) is 15.2 Å². The maximum Gasteiger partial charge on any atom is 0.0929 e. The van der Waals surface area contributed by atoms with E-state index in [1.165, 1.54) is 21.9 Å². The summed E-state index contributed by atoms with van der Waals surface area (Å²) in [5, 5.41) is 2.39. The fourth-order valence-electron chi connectivity index (χ4n) is 3.41. The number of fused-ring (bicyclic) bond motifs is 5. The molecule has 0 saturated heterocycles. The summed E-state index contributed by atoms with van der Waals surface area (Å²) in [7, 11) is 0. The highest BCUT2D eigenvalue weighted by atomic mass is 79.9. The number of rotatable bonds is 0. The lowest BCUT2D eigenvalue weighted by Crippen LogP contribution is -2.08. The van der Waals surface area contributed by atoms with Crippen molar-refractivity contribution in [1.29, 1.82) is 0 Å². The van der Waals surface area contributed by atoms with Gasteiger partial charge in [-0.05, 0) is 60.4 Å². The van der Waals surface area contributed by atoms with Gasteiger partial charge in [0.2, 0.25) is 0 Å². The summed E-state index contributed by atoms with van der Waals surface area (Å²) in [5.74, 6) is 0. The summed E-state index contributed by atoms with van der Waals surface area (Å²) >= 11 is 3.54. The highest BCUT2D eigenvalue weighted by molar-refractivity contribution is 9.10. The SMILES string of the molecule is Brc1ccc2nc3c(cc2c1)CCc1cc2ccccc2nc1-3. The lowest BCUT2D eigenvalue weighted by Gasteiger charge is -2.19. The van der Waals surface area contributed by atoms with Gasteiger partial charge in [-0.1, -0.05) is 34.1 Å². The predicted octanol–water partition coefficient (Wildman–Crippen LogP) is 5.31. The Labute approximate surface area is 142 Å². The summed E-state index contributed by atoms with van der Waals surface area (Å²) < 4.78 is 1.09. The number of benzene rings is 2. The Hall–Kier alpha value is -2.26. The third-order valence-corrected chi connectivity index (χ3v) is 5.04. The maximum atomic E-state index is 4.92. The number of hydrogen-bond acceptors (Lipinski definition) is 2. The first-order chi connectivity index (χ1) is 11.3. The van der Waals surface area contributed by atoms with Crippen LogP contribution < -0.4 is 0 Å². The lowest BCUT2D eigenvalue weighted by atomic mass is 9.91. The molecule has 0 atom stereocenters. The summed E-state index contributed by atoms with van der Waals surface area (Å²) in [6.45, 7) is 0. The number of aryl methyl sites for hydroxylation is 2. The van der Waals surface area contributed by atoms with Crippen molar-refractivity contribution in [3.8, 4) is 11.4 Å². The molecule has 0 fully saturated rings. The van der Waals surface area contributed by atoms with Crippen LogP contribution in [-0.4, -0.2) is 9.97 Å². The van der Waals surface area contributed by atoms with E-state index in [0.717, 1.165) is 39.7 Å². The van der Waals surface area contributed by atoms with E-state index in [4.69, 9.17) is 9.97 Å². The van der Waals surface area contributed by atoms with Crippen LogP contribution in [0, 0.1) is 0 Å². The molecule has 0 spiro atoms. The van der Waals surface area contributed by atoms with Crippen molar-refractivity contribution in [1.82, 2.24) is 9.97 Å². The number of pyridine rings is 2. The van der Waals surface area contributed by atoms with Crippen LogP contribution >= 0.6 is 15.9 Å². The van der Waals surface area contributed by atoms with Crippen LogP contribution in [0.2, 0.25) is 0 Å². The van der Waals surface area contributed by atoms with Crippen LogP contribution in [0.25, 0.3) is 33.2 Å². The fraction of sp³-hybridized carbons (Fsp3) is 0.100. The first-order valence-electron chi connectivity index (χ1n) is 7.76. The molecule has 1 aliphatic rings. The third kappa shape index (κ3) is 2.07. The van der Waals surface area contributed by atoms with Crippen LogP contribution in [0.3, 0.4) is 0 Å². The van der Waals surface area contributed by atoms with Crippen LogP contribution in [-0.2, 0) is 12.8 Å². The molecule has 3 heteroatoms. The highest BCUT2D eigenvalue weighted by Gasteiger charge is 2.20. The zero-order chi connectivity index (χ0) is 15.4. The Morgan fingerprint density at radius 2 is 1.35 bits per heavy atom. The van der Waals surface area contributed by atoms with Crippen molar-refractivity contribution < 1.29 is 0 Å². The molecule has 2 nitrogen and oxygen atoms in total. The van der Waals surface area contributed by atoms with Crippen molar-refractivity contribution in [2.75, 3.05) is 0 Å². The predicted molar refractivity (Wildman–Crippen MR) is 97.6 cm³/mol. The van der Waals surface area contributed by atoms with E-state index in [-0.39, 0.29) is 0 Å². The van der Waals surface area contributed by atoms with Gasteiger partial charge in [-0.25, -0.2) is 9.97 Å². The monoisotopic (exact) mass is 360 g/mol. The van der Waals surface area contributed by atoms with Crippen LogP contribution in [0.15, 0.2) is 59.1 Å². The molecule has 0 bridgehead atoms. The zero-order valence-corrected chi connectivity index (χ0v) is 14.0. The van der Waals surface area contributed by atoms with Gasteiger partial charge in [0.15, 0.2) is 0 Å². The highest BCUT2D eigenvalue weighted by Crippen LogP contribution is 2.34. The summed E-state index contributed by atoms with van der Waals surface area (Å²) in [6, 6.07) is 19.1. The first kappa shape index (κ1) is 13.2. The second kappa shape index (κ2) is 4.87. The van der Waals surface area contributed by atoms with Gasteiger partial charge in [0.05, 0.1) is 22.4 Å². The lowest BCUT2D eigenvalue weighted by molar-refractivity contribution is 0.923. The topological polar surface area (TPSA) is 25.8 Å². The van der Waals surface area contributed by atoms with E-state index in [1.807, 2.05) is 12.1 Å². The average molecular weight is 361 g/mol. The molecule has 0 unspecified atom stereocenters. The number of hydrogen-bond donors (Lipinski definition) is 0. The first-order valence-corrected chi connectivity index (χ1v) is 8.55. The quantitative estimate of drug-likeness (QED) is 0.424. The minimum atomic E-state index is 1.02. The summed E-state index contributed by atoms with van der Waals surface area (Å²) in [5.41, 5.74) is 6.76. The smallest absolute Gasteiger partial charge is 0.0929 e. The Balaban J connectivity index is 1.82. The number of aromatic nitrogens is 2. The third-order valence-electron chi connectivity index (χ3n) is 4.55. The molecule has 110 valence electrons. The number of halogens is 1. The second-order valence-corrected chi connectivity index (χ2v) is 6.94. The van der Waals surface area contributed by atoms with E-state index in [9.17, 15) is 0 Å². The molecule has 2 aromatic carbocycles.